The average Bonchev–Trinajstić information content (AvgIpc) is 2.97. The minimum atomic E-state index is -1.25. The van der Waals surface area contributed by atoms with Crippen LogP contribution in [0.15, 0.2) is 34.7 Å². The minimum absolute atomic E-state index is 0.0429. The van der Waals surface area contributed by atoms with E-state index in [1.807, 2.05) is 106 Å². The zero-order valence-electron chi connectivity index (χ0n) is 30.5. The van der Waals surface area contributed by atoms with E-state index in [2.05, 4.69) is 9.71 Å². The van der Waals surface area contributed by atoms with E-state index in [-0.39, 0.29) is 47.1 Å². The van der Waals surface area contributed by atoms with Gasteiger partial charge in [0.15, 0.2) is 0 Å². The Morgan fingerprint density at radius 1 is 1.02 bits per heavy atom. The Bertz CT molecular complexity index is 1250. The van der Waals surface area contributed by atoms with Crippen molar-refractivity contribution in [3.05, 3.63) is 35.9 Å². The van der Waals surface area contributed by atoms with E-state index in [1.54, 1.807) is 6.21 Å². The van der Waals surface area contributed by atoms with Gasteiger partial charge in [0.2, 0.25) is 11.8 Å². The van der Waals surface area contributed by atoms with Crippen LogP contribution >= 0.6 is 0 Å². The summed E-state index contributed by atoms with van der Waals surface area (Å²) >= 11 is 0. The molecule has 0 saturated carbocycles. The lowest BCUT2D eigenvalue weighted by molar-refractivity contribution is -0.155. The van der Waals surface area contributed by atoms with Crippen molar-refractivity contribution in [1.29, 1.82) is 0 Å². The maximum absolute atomic E-state index is 12.2. The van der Waals surface area contributed by atoms with Crippen LogP contribution in [0.1, 0.15) is 120 Å². The second-order valence-corrected chi connectivity index (χ2v) is 17.5. The van der Waals surface area contributed by atoms with E-state index >= 15 is 0 Å². The summed E-state index contributed by atoms with van der Waals surface area (Å²) in [6.45, 7) is 21.1. The highest BCUT2D eigenvalue weighted by Gasteiger charge is 2.39. The highest BCUT2D eigenvalue weighted by molar-refractivity contribution is 7.85. The van der Waals surface area contributed by atoms with Crippen molar-refractivity contribution in [2.75, 3.05) is 6.54 Å². The lowest BCUT2D eigenvalue weighted by Gasteiger charge is -2.40. The molecule has 10 nitrogen and oxygen atoms in total. The smallest absolute Gasteiger partial charge is 0.323 e. The molecule has 0 bridgehead atoms. The number of carbonyl (C=O) groups is 4. The first-order valence-corrected chi connectivity index (χ1v) is 17.6. The zero-order valence-corrected chi connectivity index (χ0v) is 31.3. The van der Waals surface area contributed by atoms with Gasteiger partial charge in [-0.25, -0.2) is 4.21 Å². The summed E-state index contributed by atoms with van der Waals surface area (Å²) in [5.41, 5.74) is -0.155. The number of carboxylic acids is 1. The van der Waals surface area contributed by atoms with E-state index in [0.717, 1.165) is 31.2 Å². The lowest BCUT2D eigenvalue weighted by Crippen LogP contribution is -2.52. The number of carbonyl (C=O) groups excluding carboxylic acids is 3. The molecule has 2 aliphatic rings. The van der Waals surface area contributed by atoms with Gasteiger partial charge in [0.1, 0.15) is 24.1 Å². The Morgan fingerprint density at radius 2 is 1.60 bits per heavy atom. The third-order valence-electron chi connectivity index (χ3n) is 8.42. The Kier molecular flexibility index (Phi) is 16.0. The number of hydrogen-bond donors (Lipinski definition) is 2. The number of ether oxygens (including phenoxy) is 1. The number of rotatable bonds is 9. The normalized spacial score (nSPS) is 21.4. The molecule has 2 N–H and O–H groups in total. The van der Waals surface area contributed by atoms with Crippen molar-refractivity contribution in [1.82, 2.24) is 10.2 Å². The number of piperidine rings is 2. The Balaban J connectivity index is 0.000000388. The standard InChI is InChI=1S/C18H27NO3S.C10H17NO3.C8H15NO/c1-17(2,3)23(21)19-13-9-12-18(4,5)16(20)22-14-15-10-7-6-8-11-15;1-7-4-5-10(2,3)9(14)11(7)6-8(12)13;1-6-4-5-8(2,3)7(10)9-6/h6-8,10-11,13H,9,12,14H2,1-5H3;7H,4-6H2,1-3H3,(H,12,13);6H,4-5H2,1-3H3,(H,9,10)/t23-;;/m0../s1. The molecular formula is C36H59N3O7S. The van der Waals surface area contributed by atoms with Gasteiger partial charge in [0.25, 0.3) is 0 Å². The number of nitrogens with zero attached hydrogens (tertiary/aromatic N) is 2. The van der Waals surface area contributed by atoms with Crippen LogP contribution in [0.2, 0.25) is 0 Å². The largest absolute Gasteiger partial charge is 0.480 e. The molecule has 3 atom stereocenters. The maximum atomic E-state index is 12.2. The number of benzene rings is 1. The van der Waals surface area contributed by atoms with Crippen LogP contribution in [0.5, 0.6) is 0 Å². The van der Waals surface area contributed by atoms with Crippen LogP contribution in [0.25, 0.3) is 0 Å². The molecule has 2 heterocycles. The molecule has 0 aromatic heterocycles. The second-order valence-electron chi connectivity index (χ2n) is 15.5. The molecule has 2 aliphatic heterocycles. The van der Waals surface area contributed by atoms with Gasteiger partial charge in [-0.3, -0.25) is 19.2 Å². The van der Waals surface area contributed by atoms with Crippen LogP contribution in [-0.4, -0.2) is 67.6 Å². The van der Waals surface area contributed by atoms with Crippen molar-refractivity contribution in [2.45, 2.75) is 138 Å². The third-order valence-corrected chi connectivity index (χ3v) is 9.81. The number of aliphatic carboxylic acids is 1. The maximum Gasteiger partial charge on any atom is 0.323 e. The summed E-state index contributed by atoms with van der Waals surface area (Å²) in [7, 11) is -1.25. The fraction of sp³-hybridized carbons (Fsp3) is 0.694. The molecule has 1 aromatic rings. The molecule has 3 rings (SSSR count). The summed E-state index contributed by atoms with van der Waals surface area (Å²) in [5, 5.41) is 11.6. The van der Waals surface area contributed by atoms with Gasteiger partial charge in [-0.1, -0.05) is 58.0 Å². The number of likely N-dealkylation sites (tertiary alicyclic amines) is 1. The van der Waals surface area contributed by atoms with E-state index in [1.165, 1.54) is 4.90 Å². The first kappa shape index (κ1) is 41.9. The molecule has 1 aromatic carbocycles. The highest BCUT2D eigenvalue weighted by atomic mass is 32.2. The van der Waals surface area contributed by atoms with Gasteiger partial charge in [-0.2, -0.15) is 4.40 Å². The number of carboxylic acid groups (broad SMARTS) is 1. The van der Waals surface area contributed by atoms with Crippen LogP contribution in [0.3, 0.4) is 0 Å². The number of esters is 1. The molecule has 0 radical (unpaired) electrons. The topological polar surface area (TPSA) is 142 Å². The highest BCUT2D eigenvalue weighted by Crippen LogP contribution is 2.33. The minimum Gasteiger partial charge on any atom is -0.480 e. The SMILES string of the molecule is CC(C)(CCC=N[S@@](=O)C(C)(C)C)C(=O)OCc1ccccc1.CC1CCC(C)(C)C(=O)N1.CC1CCC(C)(C)C(=O)N1CC(=O)O. The van der Waals surface area contributed by atoms with Gasteiger partial charge >= 0.3 is 11.9 Å². The van der Waals surface area contributed by atoms with Crippen molar-refractivity contribution in [3.8, 4) is 0 Å². The Morgan fingerprint density at radius 3 is 2.11 bits per heavy atom. The van der Waals surface area contributed by atoms with Crippen molar-refractivity contribution < 1.29 is 33.2 Å². The number of amides is 2. The molecule has 47 heavy (non-hydrogen) atoms. The number of hydrogen-bond acceptors (Lipinski definition) is 6. The van der Waals surface area contributed by atoms with E-state index in [9.17, 15) is 23.4 Å². The zero-order chi connectivity index (χ0) is 36.2. The van der Waals surface area contributed by atoms with Crippen molar-refractivity contribution in [3.63, 3.8) is 0 Å². The molecule has 2 amide bonds. The summed E-state index contributed by atoms with van der Waals surface area (Å²) < 4.78 is 20.9. The first-order valence-electron chi connectivity index (χ1n) is 16.5. The molecule has 0 aliphatic carbocycles. The van der Waals surface area contributed by atoms with Gasteiger partial charge in [0.05, 0.1) is 10.2 Å². The number of nitrogens with one attached hydrogen (secondary N) is 1. The fourth-order valence-electron chi connectivity index (χ4n) is 4.70. The molecule has 11 heteroatoms. The van der Waals surface area contributed by atoms with Crippen LogP contribution in [-0.2, 0) is 41.5 Å². The quantitative estimate of drug-likeness (QED) is 0.225. The summed E-state index contributed by atoms with van der Waals surface area (Å²) in [6, 6.07) is 10.0. The van der Waals surface area contributed by atoms with E-state index < -0.39 is 27.8 Å². The van der Waals surface area contributed by atoms with Gasteiger partial charge in [0, 0.05) is 29.1 Å². The molecule has 2 saturated heterocycles. The summed E-state index contributed by atoms with van der Waals surface area (Å²) in [5.74, 6) is -1.01. The van der Waals surface area contributed by atoms with Gasteiger partial charge in [-0.05, 0) is 92.6 Å². The molecular weight excluding hydrogens is 618 g/mol. The monoisotopic (exact) mass is 677 g/mol. The lowest BCUT2D eigenvalue weighted by atomic mass is 9.80. The fourth-order valence-corrected chi connectivity index (χ4v) is 5.26. The van der Waals surface area contributed by atoms with Crippen LogP contribution in [0, 0.1) is 16.2 Å². The first-order chi connectivity index (χ1) is 21.5. The molecule has 2 unspecified atom stereocenters. The van der Waals surface area contributed by atoms with Crippen molar-refractivity contribution >= 4 is 41.0 Å². The third kappa shape index (κ3) is 14.7. The second kappa shape index (κ2) is 17.9. The summed E-state index contributed by atoms with van der Waals surface area (Å²) in [6.07, 6.45) is 6.68. The molecule has 2 fully saturated rings. The predicted octanol–water partition coefficient (Wildman–Crippen LogP) is 6.49. The molecule has 0 spiro atoms. The van der Waals surface area contributed by atoms with Gasteiger partial charge < -0.3 is 20.1 Å². The van der Waals surface area contributed by atoms with Crippen molar-refractivity contribution in [2.24, 2.45) is 20.6 Å². The van der Waals surface area contributed by atoms with Crippen LogP contribution < -0.4 is 5.32 Å². The van der Waals surface area contributed by atoms with E-state index in [4.69, 9.17) is 9.84 Å². The van der Waals surface area contributed by atoms with Crippen LogP contribution in [0.4, 0.5) is 0 Å². The predicted molar refractivity (Wildman–Crippen MR) is 188 cm³/mol. The summed E-state index contributed by atoms with van der Waals surface area (Å²) in [4.78, 5) is 47.3. The Hall–Kier alpha value is -3.08. The molecule has 266 valence electrons. The van der Waals surface area contributed by atoms with Gasteiger partial charge in [-0.15, -0.1) is 0 Å². The Labute approximate surface area is 285 Å². The average molecular weight is 678 g/mol. The van der Waals surface area contributed by atoms with E-state index in [0.29, 0.717) is 18.9 Å².